The zero-order valence-electron chi connectivity index (χ0n) is 16.8. The summed E-state index contributed by atoms with van der Waals surface area (Å²) >= 11 is 8.73. The normalized spacial score (nSPS) is 10.3. The van der Waals surface area contributed by atoms with E-state index in [1.54, 1.807) is 12.1 Å². The van der Waals surface area contributed by atoms with Crippen LogP contribution < -0.4 is 20.1 Å². The van der Waals surface area contributed by atoms with Gasteiger partial charge in [0, 0.05) is 4.47 Å². The number of hydrogen-bond donors (Lipinski definition) is 2. The predicted molar refractivity (Wildman–Crippen MR) is 125 cm³/mol. The Morgan fingerprint density at radius 3 is 2.59 bits per heavy atom. The van der Waals surface area contributed by atoms with Crippen molar-refractivity contribution in [3.8, 4) is 11.5 Å². The number of hydrogen-bond acceptors (Lipinski definition) is 4. The van der Waals surface area contributed by atoms with Crippen LogP contribution in [-0.4, -0.2) is 24.2 Å². The molecule has 2 rings (SSSR count). The third-order valence-corrected chi connectivity index (χ3v) is 4.80. The van der Waals surface area contributed by atoms with E-state index in [-0.39, 0.29) is 11.0 Å². The highest BCUT2D eigenvalue weighted by Crippen LogP contribution is 2.25. The third kappa shape index (κ3) is 7.66. The van der Waals surface area contributed by atoms with E-state index < -0.39 is 0 Å². The first-order chi connectivity index (χ1) is 14.0. The Balaban J connectivity index is 2.02. The van der Waals surface area contributed by atoms with Crippen molar-refractivity contribution in [2.24, 2.45) is 0 Å². The highest BCUT2D eigenvalue weighted by atomic mass is 79.9. The van der Waals surface area contributed by atoms with Gasteiger partial charge >= 0.3 is 0 Å². The fourth-order valence-corrected chi connectivity index (χ4v) is 3.26. The minimum absolute atomic E-state index is 0.191. The van der Waals surface area contributed by atoms with Crippen LogP contribution in [0.15, 0.2) is 46.9 Å². The Hall–Kier alpha value is -2.12. The van der Waals surface area contributed by atoms with Crippen LogP contribution in [0.3, 0.4) is 0 Å². The third-order valence-electron chi connectivity index (χ3n) is 4.10. The Bertz CT molecular complexity index is 829. The van der Waals surface area contributed by atoms with E-state index in [1.165, 1.54) is 12.8 Å². The summed E-state index contributed by atoms with van der Waals surface area (Å²) in [4.78, 5) is 12.8. The van der Waals surface area contributed by atoms with E-state index in [0.29, 0.717) is 36.0 Å². The van der Waals surface area contributed by atoms with Gasteiger partial charge in [0.2, 0.25) is 0 Å². The van der Waals surface area contributed by atoms with Crippen LogP contribution in [0.25, 0.3) is 0 Å². The molecule has 1 amide bonds. The van der Waals surface area contributed by atoms with E-state index in [1.807, 2.05) is 37.3 Å². The van der Waals surface area contributed by atoms with Crippen molar-refractivity contribution in [2.75, 3.05) is 18.5 Å². The zero-order chi connectivity index (χ0) is 21.1. The molecule has 0 aliphatic heterocycles. The van der Waals surface area contributed by atoms with E-state index in [2.05, 4.69) is 33.5 Å². The minimum atomic E-state index is -0.332. The molecule has 0 atom stereocenters. The highest BCUT2D eigenvalue weighted by Gasteiger charge is 2.15. The number of nitrogens with one attached hydrogen (secondary N) is 2. The number of unbranched alkanes of at least 4 members (excludes halogenated alkanes) is 3. The molecule has 5 nitrogen and oxygen atoms in total. The van der Waals surface area contributed by atoms with Gasteiger partial charge in [-0.3, -0.25) is 10.1 Å². The highest BCUT2D eigenvalue weighted by molar-refractivity contribution is 9.10. The number of halogens is 1. The van der Waals surface area contributed by atoms with Crippen molar-refractivity contribution in [3.05, 3.63) is 52.5 Å². The lowest BCUT2D eigenvalue weighted by molar-refractivity contribution is 0.0973. The number of benzene rings is 2. The van der Waals surface area contributed by atoms with Crippen LogP contribution in [0.1, 0.15) is 49.9 Å². The number of anilines is 1. The van der Waals surface area contributed by atoms with Crippen LogP contribution >= 0.6 is 28.1 Å². The molecule has 0 aliphatic rings. The van der Waals surface area contributed by atoms with Crippen LogP contribution in [-0.2, 0) is 0 Å². The average Bonchev–Trinajstić information content (AvgIpc) is 2.70. The first-order valence-electron chi connectivity index (χ1n) is 9.81. The molecule has 29 heavy (non-hydrogen) atoms. The number of carbonyl (C=O) groups excluding carboxylic acids is 1. The van der Waals surface area contributed by atoms with E-state index in [9.17, 15) is 4.79 Å². The summed E-state index contributed by atoms with van der Waals surface area (Å²) in [5.41, 5.74) is 1.12. The van der Waals surface area contributed by atoms with Crippen LogP contribution in [0.2, 0.25) is 0 Å². The summed E-state index contributed by atoms with van der Waals surface area (Å²) in [6.07, 6.45) is 4.42. The number of rotatable bonds is 10. The van der Waals surface area contributed by atoms with Gasteiger partial charge in [-0.15, -0.1) is 0 Å². The second-order valence-corrected chi connectivity index (χ2v) is 7.71. The maximum atomic E-state index is 12.8. The molecule has 0 radical (unpaired) electrons. The van der Waals surface area contributed by atoms with Crippen molar-refractivity contribution in [2.45, 2.75) is 39.5 Å². The number of para-hydroxylation sites is 2. The first-order valence-corrected chi connectivity index (χ1v) is 11.0. The Morgan fingerprint density at radius 2 is 1.83 bits per heavy atom. The monoisotopic (exact) mass is 478 g/mol. The predicted octanol–water partition coefficient (Wildman–Crippen LogP) is 5.93. The summed E-state index contributed by atoms with van der Waals surface area (Å²) in [7, 11) is 0. The molecule has 0 unspecified atom stereocenters. The molecule has 2 aromatic carbocycles. The molecule has 7 heteroatoms. The lowest BCUT2D eigenvalue weighted by Crippen LogP contribution is -2.34. The molecule has 2 aromatic rings. The van der Waals surface area contributed by atoms with Crippen LogP contribution in [0, 0.1) is 0 Å². The van der Waals surface area contributed by atoms with Crippen molar-refractivity contribution >= 4 is 44.9 Å². The summed E-state index contributed by atoms with van der Waals surface area (Å²) in [6.45, 7) is 5.19. The smallest absolute Gasteiger partial charge is 0.261 e. The second-order valence-electron chi connectivity index (χ2n) is 6.39. The van der Waals surface area contributed by atoms with E-state index >= 15 is 0 Å². The molecular weight excluding hydrogens is 452 g/mol. The molecule has 156 valence electrons. The lowest BCUT2D eigenvalue weighted by atomic mass is 10.2. The first kappa shape index (κ1) is 23.2. The molecule has 0 spiro atoms. The fourth-order valence-electron chi connectivity index (χ4n) is 2.69. The number of carbonyl (C=O) groups is 1. The van der Waals surface area contributed by atoms with Gasteiger partial charge in [-0.05, 0) is 55.9 Å². The van der Waals surface area contributed by atoms with Crippen molar-refractivity contribution < 1.29 is 14.3 Å². The second kappa shape index (κ2) is 12.4. The van der Waals surface area contributed by atoms with Gasteiger partial charge in [-0.1, -0.05) is 54.2 Å². The average molecular weight is 479 g/mol. The van der Waals surface area contributed by atoms with Gasteiger partial charge in [0.1, 0.15) is 11.5 Å². The molecule has 0 fully saturated rings. The van der Waals surface area contributed by atoms with Gasteiger partial charge in [0.05, 0.1) is 24.5 Å². The quantitative estimate of drug-likeness (QED) is 0.327. The maximum Gasteiger partial charge on any atom is 0.261 e. The fraction of sp³-hybridized carbons (Fsp3) is 0.364. The van der Waals surface area contributed by atoms with Crippen molar-refractivity contribution in [3.63, 3.8) is 0 Å². The lowest BCUT2D eigenvalue weighted by Gasteiger charge is -2.15. The number of ether oxygens (including phenoxy) is 2. The molecule has 0 aromatic heterocycles. The molecule has 0 bridgehead atoms. The van der Waals surface area contributed by atoms with E-state index in [0.717, 1.165) is 17.3 Å². The SMILES string of the molecule is CCCCCCOc1ccc(Br)cc1C(=O)NC(=S)Nc1ccccc1OCC. The Morgan fingerprint density at radius 1 is 1.03 bits per heavy atom. The Labute approximate surface area is 186 Å². The van der Waals surface area contributed by atoms with Crippen LogP contribution in [0.5, 0.6) is 11.5 Å². The molecule has 0 heterocycles. The molecular formula is C22H27BrN2O3S. The zero-order valence-corrected chi connectivity index (χ0v) is 19.2. The molecule has 0 saturated heterocycles. The van der Waals surface area contributed by atoms with Crippen LogP contribution in [0.4, 0.5) is 5.69 Å². The minimum Gasteiger partial charge on any atom is -0.493 e. The summed E-state index contributed by atoms with van der Waals surface area (Å²) in [5, 5.41) is 5.93. The van der Waals surface area contributed by atoms with Gasteiger partial charge in [-0.2, -0.15) is 0 Å². The number of thiocarbonyl (C=S) groups is 1. The molecule has 2 N–H and O–H groups in total. The van der Waals surface area contributed by atoms with E-state index in [4.69, 9.17) is 21.7 Å². The largest absolute Gasteiger partial charge is 0.493 e. The van der Waals surface area contributed by atoms with Gasteiger partial charge < -0.3 is 14.8 Å². The number of amides is 1. The molecule has 0 saturated carbocycles. The van der Waals surface area contributed by atoms with Gasteiger partial charge in [0.15, 0.2) is 5.11 Å². The standard InChI is InChI=1S/C22H27BrN2O3S/c1-3-5-6-9-14-28-19-13-12-16(23)15-17(19)21(26)25-22(29)24-18-10-7-8-11-20(18)27-4-2/h7-8,10-13,15H,3-6,9,14H2,1-2H3,(H2,24,25,26,29). The summed E-state index contributed by atoms with van der Waals surface area (Å²) < 4.78 is 12.2. The summed E-state index contributed by atoms with van der Waals surface area (Å²) in [5.74, 6) is 0.881. The summed E-state index contributed by atoms with van der Waals surface area (Å²) in [6, 6.07) is 12.8. The van der Waals surface area contributed by atoms with Crippen molar-refractivity contribution in [1.29, 1.82) is 0 Å². The van der Waals surface area contributed by atoms with Gasteiger partial charge in [0.25, 0.3) is 5.91 Å². The molecule has 0 aliphatic carbocycles. The van der Waals surface area contributed by atoms with Gasteiger partial charge in [-0.25, -0.2) is 0 Å². The maximum absolute atomic E-state index is 12.8. The topological polar surface area (TPSA) is 59.6 Å². The van der Waals surface area contributed by atoms with Crippen molar-refractivity contribution in [1.82, 2.24) is 5.32 Å². The Kier molecular flexibility index (Phi) is 9.94.